The fraction of sp³-hybridized carbons (Fsp3) is 0.286. The Morgan fingerprint density at radius 1 is 1.06 bits per heavy atom. The summed E-state index contributed by atoms with van der Waals surface area (Å²) in [5, 5.41) is 4.73. The summed E-state index contributed by atoms with van der Waals surface area (Å²) in [7, 11) is 0. The van der Waals surface area contributed by atoms with Crippen molar-refractivity contribution in [2.45, 2.75) is 26.8 Å². The maximum atomic E-state index is 5.99. The lowest BCUT2D eigenvalue weighted by molar-refractivity contribution is 0.882. The normalized spacial score (nSPS) is 12.5. The SMILES string of the molecule is Cc1cc(C(C)Nc2cc(Cl)cc(Cl)c2)c(C)s1. The van der Waals surface area contributed by atoms with E-state index < -0.39 is 0 Å². The van der Waals surface area contributed by atoms with Gasteiger partial charge in [-0.25, -0.2) is 0 Å². The molecular formula is C14H15Cl2NS. The first-order valence-electron chi connectivity index (χ1n) is 5.75. The first-order valence-corrected chi connectivity index (χ1v) is 7.32. The van der Waals surface area contributed by atoms with E-state index in [0.29, 0.717) is 10.0 Å². The molecule has 1 heterocycles. The standard InChI is InChI=1S/C14H15Cl2NS/c1-8-4-14(10(3)18-8)9(2)17-13-6-11(15)5-12(16)7-13/h4-7,9,17H,1-3H3. The molecule has 1 aromatic heterocycles. The minimum Gasteiger partial charge on any atom is -0.378 e. The van der Waals surface area contributed by atoms with Crippen LogP contribution in [-0.2, 0) is 0 Å². The van der Waals surface area contributed by atoms with Gasteiger partial charge in [0.15, 0.2) is 0 Å². The molecule has 18 heavy (non-hydrogen) atoms. The summed E-state index contributed by atoms with van der Waals surface area (Å²) in [6.45, 7) is 6.42. The van der Waals surface area contributed by atoms with E-state index in [1.54, 1.807) is 6.07 Å². The third-order valence-corrected chi connectivity index (χ3v) is 4.21. The van der Waals surface area contributed by atoms with E-state index in [2.05, 4.69) is 32.2 Å². The Morgan fingerprint density at radius 2 is 1.67 bits per heavy atom. The topological polar surface area (TPSA) is 12.0 Å². The van der Waals surface area contributed by atoms with Crippen LogP contribution in [0.5, 0.6) is 0 Å². The molecule has 0 aliphatic carbocycles. The van der Waals surface area contributed by atoms with Gasteiger partial charge in [0.2, 0.25) is 0 Å². The Morgan fingerprint density at radius 3 is 2.17 bits per heavy atom. The van der Waals surface area contributed by atoms with E-state index in [-0.39, 0.29) is 6.04 Å². The fourth-order valence-electron chi connectivity index (χ4n) is 2.05. The zero-order valence-corrected chi connectivity index (χ0v) is 12.9. The molecule has 4 heteroatoms. The van der Waals surface area contributed by atoms with Crippen molar-refractivity contribution in [2.24, 2.45) is 0 Å². The van der Waals surface area contributed by atoms with E-state index in [1.807, 2.05) is 23.5 Å². The van der Waals surface area contributed by atoms with E-state index >= 15 is 0 Å². The number of thiophene rings is 1. The molecule has 0 amide bonds. The third kappa shape index (κ3) is 3.19. The lowest BCUT2D eigenvalue weighted by Gasteiger charge is -2.16. The van der Waals surface area contributed by atoms with Crippen LogP contribution in [0.3, 0.4) is 0 Å². The molecule has 0 bridgehead atoms. The van der Waals surface area contributed by atoms with Gasteiger partial charge in [0.05, 0.1) is 0 Å². The highest BCUT2D eigenvalue weighted by Crippen LogP contribution is 2.30. The molecule has 0 saturated carbocycles. The van der Waals surface area contributed by atoms with Crippen LogP contribution in [-0.4, -0.2) is 0 Å². The summed E-state index contributed by atoms with van der Waals surface area (Å²) in [4.78, 5) is 2.68. The van der Waals surface area contributed by atoms with Gasteiger partial charge < -0.3 is 5.32 Å². The van der Waals surface area contributed by atoms with Crippen LogP contribution in [0, 0.1) is 13.8 Å². The van der Waals surface area contributed by atoms with Crippen LogP contribution in [0.15, 0.2) is 24.3 Å². The zero-order chi connectivity index (χ0) is 13.3. The van der Waals surface area contributed by atoms with Crippen LogP contribution in [0.4, 0.5) is 5.69 Å². The van der Waals surface area contributed by atoms with Crippen LogP contribution in [0.1, 0.15) is 28.3 Å². The number of hydrogen-bond acceptors (Lipinski definition) is 2. The van der Waals surface area contributed by atoms with Crippen molar-refractivity contribution in [3.63, 3.8) is 0 Å². The molecule has 1 atom stereocenters. The molecule has 2 rings (SSSR count). The minimum atomic E-state index is 0.240. The molecule has 96 valence electrons. The Balaban J connectivity index is 2.20. The summed E-state index contributed by atoms with van der Waals surface area (Å²) in [5.74, 6) is 0. The smallest absolute Gasteiger partial charge is 0.0496 e. The molecule has 1 unspecified atom stereocenters. The van der Waals surface area contributed by atoms with Gasteiger partial charge in [0.1, 0.15) is 0 Å². The quantitative estimate of drug-likeness (QED) is 0.750. The molecule has 0 spiro atoms. The summed E-state index contributed by atoms with van der Waals surface area (Å²) in [6.07, 6.45) is 0. The second-order valence-corrected chi connectivity index (χ2v) is 6.73. The van der Waals surface area contributed by atoms with Gasteiger partial charge in [0.25, 0.3) is 0 Å². The molecule has 1 N–H and O–H groups in total. The van der Waals surface area contributed by atoms with Crippen molar-refractivity contribution in [1.82, 2.24) is 0 Å². The average molecular weight is 300 g/mol. The Hall–Kier alpha value is -0.700. The number of halogens is 2. The molecular weight excluding hydrogens is 285 g/mol. The predicted octanol–water partition coefficient (Wildman–Crippen LogP) is 5.84. The van der Waals surface area contributed by atoms with Crippen LogP contribution >= 0.6 is 34.5 Å². The molecule has 0 aliphatic rings. The van der Waals surface area contributed by atoms with Gasteiger partial charge in [-0.1, -0.05) is 23.2 Å². The van der Waals surface area contributed by atoms with Crippen molar-refractivity contribution in [1.29, 1.82) is 0 Å². The molecule has 0 fully saturated rings. The van der Waals surface area contributed by atoms with Crippen LogP contribution in [0.25, 0.3) is 0 Å². The molecule has 0 radical (unpaired) electrons. The summed E-state index contributed by atoms with van der Waals surface area (Å²) < 4.78 is 0. The highest BCUT2D eigenvalue weighted by Gasteiger charge is 2.11. The monoisotopic (exact) mass is 299 g/mol. The van der Waals surface area contributed by atoms with Gasteiger partial charge >= 0.3 is 0 Å². The van der Waals surface area contributed by atoms with Crippen molar-refractivity contribution < 1.29 is 0 Å². The first kappa shape index (κ1) is 13.7. The van der Waals surface area contributed by atoms with Crippen molar-refractivity contribution in [3.05, 3.63) is 49.6 Å². The second kappa shape index (κ2) is 5.52. The van der Waals surface area contributed by atoms with Crippen LogP contribution < -0.4 is 5.32 Å². The molecule has 0 aliphatic heterocycles. The summed E-state index contributed by atoms with van der Waals surface area (Å²) in [5.41, 5.74) is 2.27. The number of anilines is 1. The van der Waals surface area contributed by atoms with Crippen molar-refractivity contribution in [3.8, 4) is 0 Å². The van der Waals surface area contributed by atoms with Crippen molar-refractivity contribution >= 4 is 40.2 Å². The number of rotatable bonds is 3. The second-order valence-electron chi connectivity index (χ2n) is 4.39. The Labute approximate surface area is 122 Å². The molecule has 1 nitrogen and oxygen atoms in total. The van der Waals surface area contributed by atoms with E-state index in [9.17, 15) is 0 Å². The molecule has 1 aromatic carbocycles. The highest BCUT2D eigenvalue weighted by molar-refractivity contribution is 7.12. The molecule has 2 aromatic rings. The predicted molar refractivity (Wildman–Crippen MR) is 82.3 cm³/mol. The number of hydrogen-bond donors (Lipinski definition) is 1. The Kier molecular flexibility index (Phi) is 4.21. The van der Waals surface area contributed by atoms with E-state index in [4.69, 9.17) is 23.2 Å². The van der Waals surface area contributed by atoms with Gasteiger partial charge in [-0.2, -0.15) is 0 Å². The summed E-state index contributed by atoms with van der Waals surface area (Å²) >= 11 is 13.8. The third-order valence-electron chi connectivity index (χ3n) is 2.79. The maximum Gasteiger partial charge on any atom is 0.0496 e. The Bertz CT molecular complexity index is 543. The van der Waals surface area contributed by atoms with Gasteiger partial charge in [0, 0.05) is 31.5 Å². The van der Waals surface area contributed by atoms with Gasteiger partial charge in [-0.15, -0.1) is 11.3 Å². The van der Waals surface area contributed by atoms with Gasteiger partial charge in [-0.3, -0.25) is 0 Å². The lowest BCUT2D eigenvalue weighted by atomic mass is 10.1. The minimum absolute atomic E-state index is 0.240. The van der Waals surface area contributed by atoms with Crippen molar-refractivity contribution in [2.75, 3.05) is 5.32 Å². The zero-order valence-electron chi connectivity index (χ0n) is 10.6. The summed E-state index contributed by atoms with van der Waals surface area (Å²) in [6, 6.07) is 7.98. The van der Waals surface area contributed by atoms with Gasteiger partial charge in [-0.05, 0) is 50.6 Å². The average Bonchev–Trinajstić information content (AvgIpc) is 2.56. The van der Waals surface area contributed by atoms with E-state index in [1.165, 1.54) is 15.3 Å². The van der Waals surface area contributed by atoms with E-state index in [0.717, 1.165) is 5.69 Å². The first-order chi connectivity index (χ1) is 8.45. The lowest BCUT2D eigenvalue weighted by Crippen LogP contribution is -2.06. The number of benzene rings is 1. The fourth-order valence-corrected chi connectivity index (χ4v) is 3.59. The number of aryl methyl sites for hydroxylation is 2. The largest absolute Gasteiger partial charge is 0.378 e. The highest BCUT2D eigenvalue weighted by atomic mass is 35.5. The number of nitrogens with one attached hydrogen (secondary N) is 1. The maximum absolute atomic E-state index is 5.99. The molecule has 0 saturated heterocycles. The van der Waals surface area contributed by atoms with Crippen LogP contribution in [0.2, 0.25) is 10.0 Å².